The SMILES string of the molecule is COCCOC(=O)N1C(=O)[C@@]2(c3cc(C#CC4=CCCCC4)ccc31)[C@H](c1cccc(OCCO)c1)N1[C@H](c3ccccc3)[C@H](c3ccccc3)OC(=O)[C@H]1[C@@H]2C(=O)Nc1ccc(N2CCOCC2)cc1. The average Bonchev–Trinajstić information content (AvgIpc) is 3.87. The molecule has 5 aliphatic rings. The fraction of sp³-hybridized carbons (Fsp3) is 0.333. The molecule has 14 heteroatoms. The molecule has 14 nitrogen and oxygen atoms in total. The fourth-order valence-electron chi connectivity index (χ4n) is 11.1. The summed E-state index contributed by atoms with van der Waals surface area (Å²) in [5.74, 6) is 3.41. The van der Waals surface area contributed by atoms with Crippen LogP contribution in [0, 0.1) is 17.8 Å². The summed E-state index contributed by atoms with van der Waals surface area (Å²) in [6.45, 7) is 2.26. The number of amides is 3. The Hall–Kier alpha value is -7.28. The van der Waals surface area contributed by atoms with Crippen LogP contribution < -0.4 is 19.9 Å². The van der Waals surface area contributed by atoms with Gasteiger partial charge in [-0.15, -0.1) is 0 Å². The van der Waals surface area contributed by atoms with Gasteiger partial charge in [-0.1, -0.05) is 90.7 Å². The van der Waals surface area contributed by atoms with Gasteiger partial charge in [0.1, 0.15) is 36.5 Å². The molecule has 0 unspecified atom stereocenters. The fourth-order valence-corrected chi connectivity index (χ4v) is 11.1. The summed E-state index contributed by atoms with van der Waals surface area (Å²) in [6, 6.07) is 35.4. The normalized spacial score (nSPS) is 23.7. The number of carbonyl (C=O) groups excluding carboxylic acids is 4. The first-order valence-electron chi connectivity index (χ1n) is 24.3. The van der Waals surface area contributed by atoms with Gasteiger partial charge in [-0.3, -0.25) is 19.3 Å². The molecule has 0 aromatic heterocycles. The molecule has 3 fully saturated rings. The number of nitrogens with zero attached hydrogens (tertiary/aromatic N) is 3. The van der Waals surface area contributed by atoms with Gasteiger partial charge in [-0.25, -0.2) is 9.69 Å². The zero-order valence-electron chi connectivity index (χ0n) is 39.5. The maximum absolute atomic E-state index is 16.6. The van der Waals surface area contributed by atoms with Gasteiger partial charge in [0.2, 0.25) is 11.8 Å². The Kier molecular flexibility index (Phi) is 14.0. The number of nitrogens with one attached hydrogen (secondary N) is 1. The van der Waals surface area contributed by atoms with Crippen molar-refractivity contribution >= 4 is 40.9 Å². The first kappa shape index (κ1) is 47.4. The molecule has 6 atom stereocenters. The molecule has 10 rings (SSSR count). The van der Waals surface area contributed by atoms with Gasteiger partial charge >= 0.3 is 12.1 Å². The number of cyclic esters (lactones) is 1. The van der Waals surface area contributed by atoms with Crippen LogP contribution in [0.15, 0.2) is 139 Å². The number of morpholine rings is 2. The molecule has 3 amide bonds. The zero-order chi connectivity index (χ0) is 48.9. The van der Waals surface area contributed by atoms with Crippen LogP contribution in [0.5, 0.6) is 5.75 Å². The second-order valence-electron chi connectivity index (χ2n) is 18.2. The second kappa shape index (κ2) is 21.0. The Morgan fingerprint density at radius 1 is 0.803 bits per heavy atom. The van der Waals surface area contributed by atoms with E-state index in [4.69, 9.17) is 23.7 Å². The van der Waals surface area contributed by atoms with E-state index in [2.05, 4.69) is 28.1 Å². The quantitative estimate of drug-likeness (QED) is 0.0711. The van der Waals surface area contributed by atoms with Crippen LogP contribution in [-0.2, 0) is 38.7 Å². The van der Waals surface area contributed by atoms with Crippen LogP contribution >= 0.6 is 0 Å². The minimum atomic E-state index is -2.05. The third-order valence-electron chi connectivity index (χ3n) is 14.1. The Balaban J connectivity index is 1.24. The van der Waals surface area contributed by atoms with Crippen molar-refractivity contribution in [3.8, 4) is 17.6 Å². The minimum absolute atomic E-state index is 0.0165. The number of carbonyl (C=O) groups is 4. The van der Waals surface area contributed by atoms with Gasteiger partial charge in [0.15, 0.2) is 0 Å². The van der Waals surface area contributed by atoms with Crippen LogP contribution in [0.2, 0.25) is 0 Å². The monoisotopic (exact) mass is 956 g/mol. The van der Waals surface area contributed by atoms with E-state index in [1.165, 1.54) is 7.11 Å². The number of benzene rings is 5. The third kappa shape index (κ3) is 9.06. The number of imide groups is 1. The van der Waals surface area contributed by atoms with Gasteiger partial charge in [0, 0.05) is 37.1 Å². The van der Waals surface area contributed by atoms with Gasteiger partial charge in [0.25, 0.3) is 0 Å². The number of methoxy groups -OCH3 is 1. The van der Waals surface area contributed by atoms with E-state index >= 15 is 14.4 Å². The number of allylic oxidation sites excluding steroid dienone is 2. The number of esters is 1. The van der Waals surface area contributed by atoms with Gasteiger partial charge in [-0.05, 0) is 108 Å². The van der Waals surface area contributed by atoms with Crippen LogP contribution in [0.25, 0.3) is 0 Å². The molecule has 2 N–H and O–H groups in total. The summed E-state index contributed by atoms with van der Waals surface area (Å²) in [4.78, 5) is 67.9. The highest BCUT2D eigenvalue weighted by Gasteiger charge is 2.76. The Bertz CT molecular complexity index is 2860. The summed E-state index contributed by atoms with van der Waals surface area (Å²) >= 11 is 0. The predicted molar refractivity (Wildman–Crippen MR) is 266 cm³/mol. The van der Waals surface area contributed by atoms with Crippen molar-refractivity contribution in [1.82, 2.24) is 4.90 Å². The topological polar surface area (TPSA) is 156 Å². The summed E-state index contributed by atoms with van der Waals surface area (Å²) in [5.41, 5.74) is 3.37. The van der Waals surface area contributed by atoms with Crippen LogP contribution in [0.4, 0.5) is 21.9 Å². The standard InChI is InChI=1S/C57H56N4O10/c1-67-34-35-70-56(66)60-47-27-22-39(21-20-38-12-5-2-6-13-38)36-46(47)57(55(60)65)48(53(63)58-43-23-25-44(26-24-43)59-28-31-68-32-29-59)50-54(64)71-51(41-16-9-4-10-17-41)49(40-14-7-3-8-15-40)61(50)52(57)42-18-11-19-45(37-42)69-33-30-62/h3-4,7-12,14-19,22-27,36-37,48-52,62H,2,5-6,13,28-35H2,1H3,(H,58,63)/t48-,49-,50-,51+,52+,57-/m1/s1. The van der Waals surface area contributed by atoms with Crippen LogP contribution in [0.3, 0.4) is 0 Å². The molecule has 1 spiro atoms. The molecule has 5 aromatic rings. The highest BCUT2D eigenvalue weighted by atomic mass is 16.6. The highest BCUT2D eigenvalue weighted by molar-refractivity contribution is 6.24. The van der Waals surface area contributed by atoms with Crippen molar-refractivity contribution < 1.29 is 48.0 Å². The number of anilines is 3. The van der Waals surface area contributed by atoms with Crippen molar-refractivity contribution in [2.45, 2.75) is 55.3 Å². The van der Waals surface area contributed by atoms with Crippen LogP contribution in [-0.4, -0.2) is 99.8 Å². The molecule has 364 valence electrons. The lowest BCUT2D eigenvalue weighted by molar-refractivity contribution is -0.177. The Morgan fingerprint density at radius 2 is 1.55 bits per heavy atom. The number of hydrogen-bond acceptors (Lipinski definition) is 12. The molecule has 4 aliphatic heterocycles. The molecule has 0 bridgehead atoms. The molecular weight excluding hydrogens is 901 g/mol. The lowest BCUT2D eigenvalue weighted by Gasteiger charge is -2.46. The van der Waals surface area contributed by atoms with E-state index in [0.717, 1.165) is 47.4 Å². The van der Waals surface area contributed by atoms with Crippen molar-refractivity contribution in [2.24, 2.45) is 5.92 Å². The summed E-state index contributed by atoms with van der Waals surface area (Å²) in [7, 11) is 1.48. The van der Waals surface area contributed by atoms with E-state index < -0.39 is 59.4 Å². The summed E-state index contributed by atoms with van der Waals surface area (Å²) in [5, 5.41) is 13.0. The second-order valence-corrected chi connectivity index (χ2v) is 18.2. The van der Waals surface area contributed by atoms with Crippen molar-refractivity contribution in [3.05, 3.63) is 167 Å². The first-order valence-corrected chi connectivity index (χ1v) is 24.3. The first-order chi connectivity index (χ1) is 34.8. The number of ether oxygens (including phenoxy) is 5. The number of aliphatic hydroxyl groups is 1. The molecular formula is C57H56N4O10. The molecule has 0 radical (unpaired) electrons. The maximum Gasteiger partial charge on any atom is 0.421 e. The van der Waals surface area contributed by atoms with Gasteiger partial charge in [-0.2, -0.15) is 0 Å². The van der Waals surface area contributed by atoms with E-state index in [-0.39, 0.29) is 32.1 Å². The lowest BCUT2D eigenvalue weighted by atomic mass is 9.65. The average molecular weight is 957 g/mol. The van der Waals surface area contributed by atoms with E-state index in [1.54, 1.807) is 48.5 Å². The van der Waals surface area contributed by atoms with Crippen LogP contribution in [0.1, 0.15) is 71.7 Å². The highest BCUT2D eigenvalue weighted by Crippen LogP contribution is 2.66. The van der Waals surface area contributed by atoms with E-state index in [9.17, 15) is 9.90 Å². The Morgan fingerprint density at radius 3 is 2.27 bits per heavy atom. The summed E-state index contributed by atoms with van der Waals surface area (Å²) < 4.78 is 29.2. The molecule has 5 aromatic carbocycles. The minimum Gasteiger partial charge on any atom is -0.491 e. The number of hydrogen-bond donors (Lipinski definition) is 2. The third-order valence-corrected chi connectivity index (χ3v) is 14.1. The maximum atomic E-state index is 16.6. The zero-order valence-corrected chi connectivity index (χ0v) is 39.5. The predicted octanol–water partition coefficient (Wildman–Crippen LogP) is 7.83. The van der Waals surface area contributed by atoms with Crippen molar-refractivity contribution in [3.63, 3.8) is 0 Å². The summed E-state index contributed by atoms with van der Waals surface area (Å²) in [6.07, 6.45) is 4.15. The van der Waals surface area contributed by atoms with E-state index in [1.807, 2.05) is 83.8 Å². The molecule has 0 saturated carbocycles. The van der Waals surface area contributed by atoms with Crippen molar-refractivity contribution in [2.75, 3.05) is 75.0 Å². The molecule has 1 aliphatic carbocycles. The smallest absolute Gasteiger partial charge is 0.421 e. The van der Waals surface area contributed by atoms with Crippen molar-refractivity contribution in [1.29, 1.82) is 0 Å². The lowest BCUT2D eigenvalue weighted by Crippen LogP contribution is -2.54. The van der Waals surface area contributed by atoms with Gasteiger partial charge < -0.3 is 39.0 Å². The molecule has 71 heavy (non-hydrogen) atoms. The molecule has 3 saturated heterocycles. The van der Waals surface area contributed by atoms with Gasteiger partial charge in [0.05, 0.1) is 50.1 Å². The Labute approximate surface area is 413 Å². The molecule has 4 heterocycles. The number of aliphatic hydroxyl groups excluding tert-OH is 1. The number of fused-ring (bicyclic) bond motifs is 3. The van der Waals surface area contributed by atoms with E-state index in [0.29, 0.717) is 60.0 Å². The largest absolute Gasteiger partial charge is 0.491 e. The number of rotatable bonds is 12.